The number of azo groups is 1. The summed E-state index contributed by atoms with van der Waals surface area (Å²) >= 11 is 1.17. The van der Waals surface area contributed by atoms with Crippen molar-refractivity contribution in [2.45, 2.75) is 33.6 Å². The Hall–Kier alpha value is -2.99. The first-order chi connectivity index (χ1) is 22.1. The van der Waals surface area contributed by atoms with Gasteiger partial charge in [-0.05, 0) is 76.5 Å². The van der Waals surface area contributed by atoms with Gasteiger partial charge in [-0.1, -0.05) is 0 Å². The molecule has 1 aromatic heterocycles. The Bertz CT molecular complexity index is 1420. The molecule has 0 spiro atoms. The fraction of sp³-hybridized carbons (Fsp3) is 0.613. The molecule has 1 heterocycles. The van der Waals surface area contributed by atoms with E-state index in [1.165, 1.54) is 11.3 Å². The Morgan fingerprint density at radius 2 is 1.48 bits per heavy atom. The van der Waals surface area contributed by atoms with E-state index < -0.39 is 10.1 Å². The van der Waals surface area contributed by atoms with Crippen molar-refractivity contribution in [1.82, 2.24) is 4.90 Å². The smallest absolute Gasteiger partial charge is 0.264 e. The molecule has 0 unspecified atom stereocenters. The number of thiophene rings is 1. The molecular weight excluding hydrogens is 633 g/mol. The lowest BCUT2D eigenvalue weighted by Gasteiger charge is -2.23. The Labute approximate surface area is 277 Å². The molecule has 2 rings (SSSR count). The zero-order chi connectivity index (χ0) is 33.8. The molecular formula is C31H46N6O7S2. The average Bonchev–Trinajstić information content (AvgIpc) is 3.34. The molecule has 0 radical (unpaired) electrons. The summed E-state index contributed by atoms with van der Waals surface area (Å²) in [7, 11) is -1.93. The monoisotopic (exact) mass is 678 g/mol. The van der Waals surface area contributed by atoms with Crippen LogP contribution in [0.5, 0.6) is 0 Å². The van der Waals surface area contributed by atoms with Gasteiger partial charge in [0.1, 0.15) is 17.0 Å². The van der Waals surface area contributed by atoms with E-state index in [9.17, 15) is 18.9 Å². The van der Waals surface area contributed by atoms with Gasteiger partial charge in [-0.15, -0.1) is 21.6 Å². The predicted molar refractivity (Wildman–Crippen MR) is 178 cm³/mol. The summed E-state index contributed by atoms with van der Waals surface area (Å²) < 4.78 is 52.6. The number of rotatable bonds is 24. The Kier molecular flexibility index (Phi) is 18.5. The third-order valence-corrected chi connectivity index (χ3v) is 8.83. The molecule has 0 amide bonds. The second-order valence-electron chi connectivity index (χ2n) is 10.5. The van der Waals surface area contributed by atoms with Crippen molar-refractivity contribution in [1.29, 1.82) is 10.5 Å². The van der Waals surface area contributed by atoms with Crippen LogP contribution >= 0.6 is 11.3 Å². The Morgan fingerprint density at radius 1 is 0.870 bits per heavy atom. The first kappa shape index (κ1) is 39.2. The molecule has 254 valence electrons. The Morgan fingerprint density at radius 3 is 2.02 bits per heavy atom. The van der Waals surface area contributed by atoms with Crippen LogP contribution in [-0.2, 0) is 29.1 Å². The highest BCUT2D eigenvalue weighted by Crippen LogP contribution is 2.36. The number of anilines is 1. The van der Waals surface area contributed by atoms with E-state index in [2.05, 4.69) is 45.2 Å². The minimum atomic E-state index is -3.88. The van der Waals surface area contributed by atoms with Crippen LogP contribution in [0.25, 0.3) is 0 Å². The summed E-state index contributed by atoms with van der Waals surface area (Å²) in [5, 5.41) is 27.7. The van der Waals surface area contributed by atoms with Gasteiger partial charge in [0, 0.05) is 25.3 Å². The van der Waals surface area contributed by atoms with E-state index >= 15 is 0 Å². The maximum Gasteiger partial charge on any atom is 0.264 e. The van der Waals surface area contributed by atoms with Gasteiger partial charge >= 0.3 is 0 Å². The summed E-state index contributed by atoms with van der Waals surface area (Å²) in [5.74, 6) is -0.201. The van der Waals surface area contributed by atoms with Crippen molar-refractivity contribution in [3.63, 3.8) is 0 Å². The number of hydrogen-bond donors (Lipinski definition) is 1. The quantitative estimate of drug-likeness (QED) is 0.0899. The highest BCUT2D eigenvalue weighted by Gasteiger charge is 2.15. The first-order valence-corrected chi connectivity index (χ1v) is 17.7. The number of ether oxygens (including phenoxy) is 4. The fourth-order valence-corrected chi connectivity index (χ4v) is 5.70. The zero-order valence-corrected chi connectivity index (χ0v) is 28.9. The SMILES string of the molecule is CCN(CCOCCOCCOCCOCCN(C)CCCCS(=O)(=O)O)c1ccc(N=Nc2sc(C#N)c(C)c2C#N)c(C)c1. The first-order valence-electron chi connectivity index (χ1n) is 15.2. The van der Waals surface area contributed by atoms with E-state index in [-0.39, 0.29) is 5.75 Å². The van der Waals surface area contributed by atoms with Crippen molar-refractivity contribution < 1.29 is 31.9 Å². The van der Waals surface area contributed by atoms with Crippen LogP contribution in [0.3, 0.4) is 0 Å². The van der Waals surface area contributed by atoms with Crippen LogP contribution in [0.1, 0.15) is 41.3 Å². The molecule has 1 aromatic carbocycles. The number of likely N-dealkylation sites (N-methyl/N-ethyl adjacent to an activating group) is 2. The zero-order valence-electron chi connectivity index (χ0n) is 27.2. The summed E-state index contributed by atoms with van der Waals surface area (Å²) in [6.07, 6.45) is 1.13. The third kappa shape index (κ3) is 15.1. The van der Waals surface area contributed by atoms with Crippen molar-refractivity contribution in [3.8, 4) is 12.1 Å². The lowest BCUT2D eigenvalue weighted by atomic mass is 10.1. The van der Waals surface area contributed by atoms with Crippen molar-refractivity contribution in [2.24, 2.45) is 10.2 Å². The fourth-order valence-electron chi connectivity index (χ4n) is 4.26. The number of benzene rings is 1. The maximum absolute atomic E-state index is 10.7. The van der Waals surface area contributed by atoms with Crippen molar-refractivity contribution in [2.75, 3.05) is 96.7 Å². The van der Waals surface area contributed by atoms with Crippen LogP contribution in [-0.4, -0.2) is 110 Å². The van der Waals surface area contributed by atoms with Crippen molar-refractivity contribution >= 4 is 37.8 Å². The molecule has 2 aromatic rings. The molecule has 0 aliphatic heterocycles. The summed E-state index contributed by atoms with van der Waals surface area (Å²) in [6.45, 7) is 12.8. The largest absolute Gasteiger partial charge is 0.378 e. The van der Waals surface area contributed by atoms with Crippen LogP contribution in [0.2, 0.25) is 0 Å². The lowest BCUT2D eigenvalue weighted by molar-refractivity contribution is -0.00268. The minimum absolute atomic E-state index is 0.201. The molecule has 0 bridgehead atoms. The number of nitrogens with zero attached hydrogens (tertiary/aromatic N) is 6. The van der Waals surface area contributed by atoms with Crippen LogP contribution in [0, 0.1) is 36.5 Å². The molecule has 1 N–H and O–H groups in total. The van der Waals surface area contributed by atoms with Gasteiger partial charge in [0.05, 0.1) is 69.9 Å². The molecule has 0 aliphatic carbocycles. The minimum Gasteiger partial charge on any atom is -0.378 e. The number of hydrogen-bond acceptors (Lipinski definition) is 13. The molecule has 0 saturated heterocycles. The highest BCUT2D eigenvalue weighted by molar-refractivity contribution is 7.85. The number of aryl methyl sites for hydroxylation is 1. The van der Waals surface area contributed by atoms with Gasteiger partial charge < -0.3 is 28.7 Å². The third-order valence-electron chi connectivity index (χ3n) is 6.95. The van der Waals surface area contributed by atoms with E-state index in [0.29, 0.717) is 92.4 Å². The molecule has 46 heavy (non-hydrogen) atoms. The van der Waals surface area contributed by atoms with E-state index in [1.54, 1.807) is 6.92 Å². The second kappa shape index (κ2) is 21.7. The summed E-state index contributed by atoms with van der Waals surface area (Å²) in [5.41, 5.74) is 3.73. The van der Waals surface area contributed by atoms with E-state index in [4.69, 9.17) is 23.5 Å². The topological polar surface area (TPSA) is 170 Å². The summed E-state index contributed by atoms with van der Waals surface area (Å²) in [4.78, 5) is 4.75. The molecule has 0 fully saturated rings. The second-order valence-corrected chi connectivity index (χ2v) is 13.0. The molecule has 15 heteroatoms. The van der Waals surface area contributed by atoms with Crippen LogP contribution < -0.4 is 4.90 Å². The summed E-state index contributed by atoms with van der Waals surface area (Å²) in [6, 6.07) is 10.2. The van der Waals surface area contributed by atoms with Gasteiger partial charge in [-0.3, -0.25) is 4.55 Å². The molecule has 13 nitrogen and oxygen atoms in total. The normalized spacial score (nSPS) is 11.7. The molecule has 0 saturated carbocycles. The van der Waals surface area contributed by atoms with E-state index in [1.807, 2.05) is 26.1 Å². The van der Waals surface area contributed by atoms with Gasteiger partial charge in [0.2, 0.25) is 0 Å². The van der Waals surface area contributed by atoms with E-state index in [0.717, 1.165) is 37.4 Å². The van der Waals surface area contributed by atoms with Gasteiger partial charge in [-0.2, -0.15) is 18.9 Å². The molecule has 0 atom stereocenters. The number of nitriles is 2. The van der Waals surface area contributed by atoms with Gasteiger partial charge in [-0.25, -0.2) is 0 Å². The highest BCUT2D eigenvalue weighted by atomic mass is 32.2. The van der Waals surface area contributed by atoms with Crippen molar-refractivity contribution in [3.05, 3.63) is 39.8 Å². The Balaban J connectivity index is 1.54. The number of unbranched alkanes of at least 4 members (excludes halogenated alkanes) is 1. The lowest BCUT2D eigenvalue weighted by Crippen LogP contribution is -2.27. The predicted octanol–water partition coefficient (Wildman–Crippen LogP) is 5.02. The standard InChI is InChI=1S/C31H46N6O7S2/c1-5-37(27-8-9-29(25(2)22-27)34-35-31-28(23-32)26(3)30(24-33)45-31)12-14-42-16-18-44-20-19-43-17-15-41-13-11-36(4)10-6-7-21-46(38,39)40/h8-9,22H,5-7,10-21H2,1-4H3,(H,38,39,40). The van der Waals surface area contributed by atoms with Gasteiger partial charge in [0.15, 0.2) is 5.00 Å². The van der Waals surface area contributed by atoms with Gasteiger partial charge in [0.25, 0.3) is 10.1 Å². The van der Waals surface area contributed by atoms with Crippen LogP contribution in [0.15, 0.2) is 28.4 Å². The van der Waals surface area contributed by atoms with Crippen LogP contribution in [0.4, 0.5) is 16.4 Å². The maximum atomic E-state index is 10.7. The molecule has 0 aliphatic rings. The average molecular weight is 679 g/mol.